The lowest BCUT2D eigenvalue weighted by molar-refractivity contribution is -0.384. The van der Waals surface area contributed by atoms with Gasteiger partial charge in [0.05, 0.1) is 29.6 Å². The second-order valence-corrected chi connectivity index (χ2v) is 23.0. The number of nitro groups is 1. The Morgan fingerprint density at radius 1 is 1.03 bits per heavy atom. The molecule has 5 atom stereocenters. The third kappa shape index (κ3) is 8.20. The first-order valence-electron chi connectivity index (χ1n) is 19.7. The summed E-state index contributed by atoms with van der Waals surface area (Å²) in [5.41, 5.74) is 1.02. The highest BCUT2D eigenvalue weighted by Crippen LogP contribution is 2.52. The number of nitrogens with one attached hydrogen (secondary N) is 1. The van der Waals surface area contributed by atoms with Gasteiger partial charge in [-0.15, -0.1) is 23.1 Å². The summed E-state index contributed by atoms with van der Waals surface area (Å²) in [5, 5.41) is 29.3. The molecule has 4 aromatic rings. The molecule has 0 aliphatic carbocycles. The predicted octanol–water partition coefficient (Wildman–Crippen LogP) is 5.48. The molecule has 13 nitrogen and oxygen atoms in total. The van der Waals surface area contributed by atoms with E-state index in [1.165, 1.54) is 62.6 Å². The number of rotatable bonds is 15. The van der Waals surface area contributed by atoms with Gasteiger partial charge in [0.2, 0.25) is 5.91 Å². The fourth-order valence-corrected chi connectivity index (χ4v) is 15.3. The monoisotopic (exact) mass is 855 g/mol. The number of carbonyl (C=O) groups excluding carboxylic acids is 3. The average Bonchev–Trinajstić information content (AvgIpc) is 3.77. The van der Waals surface area contributed by atoms with E-state index in [0.717, 1.165) is 4.91 Å². The highest BCUT2D eigenvalue weighted by molar-refractivity contribution is 8.03. The number of thiazole rings is 1. The van der Waals surface area contributed by atoms with E-state index in [1.807, 2.05) is 50.2 Å². The van der Waals surface area contributed by atoms with E-state index < -0.39 is 31.2 Å². The second-order valence-electron chi connectivity index (χ2n) is 16.5. The molecule has 0 radical (unpaired) electrons. The minimum absolute atomic E-state index is 0.0706. The summed E-state index contributed by atoms with van der Waals surface area (Å²) in [7, 11) is -2.78. The molecule has 7 rings (SSSR count). The minimum Gasteiger partial charge on any atom is -0.456 e. The van der Waals surface area contributed by atoms with Crippen molar-refractivity contribution in [2.45, 2.75) is 76.6 Å². The zero-order chi connectivity index (χ0) is 42.2. The lowest BCUT2D eigenvalue weighted by Crippen LogP contribution is -2.67. The van der Waals surface area contributed by atoms with Crippen LogP contribution in [0.2, 0.25) is 5.04 Å². The number of nitro benzene ring substituents is 1. The molecule has 3 aliphatic heterocycles. The van der Waals surface area contributed by atoms with Crippen molar-refractivity contribution in [2.75, 3.05) is 24.6 Å². The molecule has 2 saturated heterocycles. The number of hydrogen-bond acceptors (Lipinski definition) is 12. The van der Waals surface area contributed by atoms with Crippen molar-refractivity contribution >= 4 is 70.4 Å². The van der Waals surface area contributed by atoms with Crippen LogP contribution in [0.15, 0.2) is 101 Å². The molecule has 3 aliphatic rings. The van der Waals surface area contributed by atoms with Crippen molar-refractivity contribution in [2.24, 2.45) is 11.8 Å². The Bertz CT molecular complexity index is 2190. The molecule has 0 spiro atoms. The summed E-state index contributed by atoms with van der Waals surface area (Å²) >= 11 is 2.92. The van der Waals surface area contributed by atoms with Gasteiger partial charge in [-0.25, -0.2) is 9.78 Å². The molecule has 0 saturated carbocycles. The molecular weight excluding hydrogens is 807 g/mol. The Hall–Kier alpha value is -4.87. The van der Waals surface area contributed by atoms with E-state index in [9.17, 15) is 29.6 Å². The largest absolute Gasteiger partial charge is 0.456 e. The van der Waals surface area contributed by atoms with Crippen molar-refractivity contribution < 1.29 is 33.6 Å². The highest BCUT2D eigenvalue weighted by Gasteiger charge is 2.60. The van der Waals surface area contributed by atoms with Gasteiger partial charge >= 0.3 is 5.97 Å². The summed E-state index contributed by atoms with van der Waals surface area (Å²) in [4.78, 5) is 59.8. The number of thioether (sulfide) groups is 1. The molecule has 16 heteroatoms. The molecule has 3 aromatic carbocycles. The Morgan fingerprint density at radius 2 is 1.64 bits per heavy atom. The van der Waals surface area contributed by atoms with E-state index in [0.29, 0.717) is 36.1 Å². The maximum Gasteiger partial charge on any atom is 0.356 e. The van der Waals surface area contributed by atoms with Crippen LogP contribution in [-0.2, 0) is 25.4 Å². The Labute approximate surface area is 353 Å². The number of aromatic nitrogens is 1. The first kappa shape index (κ1) is 42.3. The fraction of sp³-hybridized carbons (Fsp3) is 0.395. The smallest absolute Gasteiger partial charge is 0.356 e. The fourth-order valence-electron chi connectivity index (χ4n) is 8.31. The SMILES string of the molecule is C[C@@H](CO[Si](c1ccccc1)(c1ccccc1)C(C)(C)C)NC(=O)c1csc(N2CC(SC3=C(C(=O)OCc4ccc([N+](=O)[O-])cc4)N4C(=O)[C@H]([C@@H](C)O)[C@H]4[C@H]3C)C2)n1. The van der Waals surface area contributed by atoms with Crippen molar-refractivity contribution in [1.29, 1.82) is 0 Å². The third-order valence-corrected chi connectivity index (χ3v) is 18.7. The van der Waals surface area contributed by atoms with E-state index in [-0.39, 0.29) is 58.1 Å². The molecule has 0 bridgehead atoms. The number of esters is 1. The van der Waals surface area contributed by atoms with Gasteiger partial charge in [0.1, 0.15) is 18.0 Å². The predicted molar refractivity (Wildman–Crippen MR) is 231 cm³/mol. The molecule has 2 N–H and O–H groups in total. The minimum atomic E-state index is -2.78. The first-order valence-corrected chi connectivity index (χ1v) is 23.4. The van der Waals surface area contributed by atoms with Crippen LogP contribution < -0.4 is 20.6 Å². The Morgan fingerprint density at radius 3 is 2.20 bits per heavy atom. The van der Waals surface area contributed by atoms with Crippen LogP contribution in [0.3, 0.4) is 0 Å². The number of nitrogens with zero attached hydrogens (tertiary/aromatic N) is 4. The van der Waals surface area contributed by atoms with Crippen molar-refractivity contribution in [3.05, 3.63) is 122 Å². The van der Waals surface area contributed by atoms with Crippen LogP contribution in [0.4, 0.5) is 10.8 Å². The number of fused-ring (bicyclic) bond motifs is 1. The summed E-state index contributed by atoms with van der Waals surface area (Å²) in [6.45, 7) is 13.6. The maximum atomic E-state index is 13.6. The van der Waals surface area contributed by atoms with E-state index >= 15 is 0 Å². The topological polar surface area (TPSA) is 164 Å². The summed E-state index contributed by atoms with van der Waals surface area (Å²) in [6.07, 6.45) is -0.874. The standard InChI is InChI=1S/C43H49N5O8S2Si/c1-26(23-56-59(43(4,5)6,32-13-9-7-10-14-32)33-15-11-8-12-16-33)44-39(50)34-25-57-42(45-34)46-21-31(22-46)58-38-27(2)36-35(28(3)49)40(51)47(36)37(38)41(52)55-24-29-17-19-30(20-18-29)48(53)54/h7-20,25-28,31,35-36,49H,21-24H2,1-6H3,(H,44,50)/t26-,27+,28+,35+,36+/m0/s1. The number of aliphatic hydroxyl groups is 1. The van der Waals surface area contributed by atoms with Crippen molar-refractivity contribution in [3.63, 3.8) is 0 Å². The van der Waals surface area contributed by atoms with Crippen LogP contribution in [0.25, 0.3) is 0 Å². The van der Waals surface area contributed by atoms with Gasteiger partial charge < -0.3 is 29.4 Å². The number of benzene rings is 3. The normalized spacial score (nSPS) is 20.4. The highest BCUT2D eigenvalue weighted by atomic mass is 32.2. The zero-order valence-corrected chi connectivity index (χ0v) is 36.5. The van der Waals surface area contributed by atoms with Gasteiger partial charge in [0.15, 0.2) is 5.13 Å². The molecule has 2 amide bonds. The number of amides is 2. The molecular formula is C43H49N5O8S2Si. The van der Waals surface area contributed by atoms with Crippen LogP contribution in [0, 0.1) is 22.0 Å². The number of hydrogen-bond donors (Lipinski definition) is 2. The van der Waals surface area contributed by atoms with Crippen LogP contribution in [0.1, 0.15) is 57.6 Å². The van der Waals surface area contributed by atoms with Gasteiger partial charge in [0.25, 0.3) is 19.9 Å². The number of non-ortho nitro benzene ring substituents is 1. The maximum absolute atomic E-state index is 13.6. The van der Waals surface area contributed by atoms with Crippen LogP contribution >= 0.6 is 23.1 Å². The lowest BCUT2D eigenvalue weighted by atomic mass is 9.79. The van der Waals surface area contributed by atoms with Gasteiger partial charge in [-0.05, 0) is 47.0 Å². The Kier molecular flexibility index (Phi) is 12.2. The average molecular weight is 856 g/mol. The van der Waals surface area contributed by atoms with Crippen LogP contribution in [0.5, 0.6) is 0 Å². The number of anilines is 1. The number of aliphatic hydroxyl groups excluding tert-OH is 1. The van der Waals surface area contributed by atoms with Gasteiger partial charge in [0, 0.05) is 52.7 Å². The molecule has 1 aromatic heterocycles. The quantitative estimate of drug-likeness (QED) is 0.0512. The zero-order valence-electron chi connectivity index (χ0n) is 33.9. The third-order valence-electron chi connectivity index (χ3n) is 11.3. The van der Waals surface area contributed by atoms with Crippen LogP contribution in [-0.4, -0.2) is 89.1 Å². The number of ether oxygens (including phenoxy) is 1. The summed E-state index contributed by atoms with van der Waals surface area (Å²) in [5.74, 6) is -2.08. The van der Waals surface area contributed by atoms with Crippen molar-refractivity contribution in [1.82, 2.24) is 15.2 Å². The second kappa shape index (κ2) is 17.0. The number of carbonyl (C=O) groups is 3. The van der Waals surface area contributed by atoms with Gasteiger partial charge in [-0.1, -0.05) is 88.4 Å². The van der Waals surface area contributed by atoms with Gasteiger partial charge in [-0.2, -0.15) is 0 Å². The number of β-lactam (4-membered cyclic amide) rings is 1. The molecule has 310 valence electrons. The molecule has 2 fully saturated rings. The summed E-state index contributed by atoms with van der Waals surface area (Å²) in [6, 6.07) is 25.9. The van der Waals surface area contributed by atoms with E-state index in [2.05, 4.69) is 60.2 Å². The first-order chi connectivity index (χ1) is 28.1. The molecule has 59 heavy (non-hydrogen) atoms. The van der Waals surface area contributed by atoms with Gasteiger partial charge in [-0.3, -0.25) is 19.7 Å². The van der Waals surface area contributed by atoms with Crippen molar-refractivity contribution in [3.8, 4) is 0 Å². The summed E-state index contributed by atoms with van der Waals surface area (Å²) < 4.78 is 12.7. The van der Waals surface area contributed by atoms with E-state index in [4.69, 9.17) is 9.16 Å². The van der Waals surface area contributed by atoms with E-state index in [1.54, 1.807) is 12.3 Å². The lowest BCUT2D eigenvalue weighted by Gasteiger charge is -2.46. The molecule has 4 heterocycles. The Balaban J connectivity index is 0.983. The molecule has 0 unspecified atom stereocenters.